The Kier molecular flexibility index (Phi) is 8.36. The van der Waals surface area contributed by atoms with Crippen LogP contribution in [0.25, 0.3) is 10.8 Å². The van der Waals surface area contributed by atoms with Gasteiger partial charge in [0.1, 0.15) is 10.6 Å². The van der Waals surface area contributed by atoms with Gasteiger partial charge in [0.2, 0.25) is 0 Å². The lowest BCUT2D eigenvalue weighted by Crippen LogP contribution is -2.45. The molecule has 0 fully saturated rings. The molecule has 0 bridgehead atoms. The van der Waals surface area contributed by atoms with E-state index >= 15 is 0 Å². The number of anilines is 2. The van der Waals surface area contributed by atoms with E-state index in [1.165, 1.54) is 10.2 Å². The Morgan fingerprint density at radius 3 is 1.93 bits per heavy atom. The summed E-state index contributed by atoms with van der Waals surface area (Å²) >= 11 is 0. The molecule has 0 atom stereocenters. The zero-order chi connectivity index (χ0) is 29.0. The fourth-order valence-electron chi connectivity index (χ4n) is 4.56. The summed E-state index contributed by atoms with van der Waals surface area (Å²) in [6, 6.07) is 27.8. The number of hydrazine groups is 2. The molecule has 0 saturated heterocycles. The fraction of sp³-hybridized carbons (Fsp3) is 0.207. The summed E-state index contributed by atoms with van der Waals surface area (Å²) in [6.07, 6.45) is 0. The van der Waals surface area contributed by atoms with Crippen molar-refractivity contribution in [2.75, 3.05) is 10.2 Å². The van der Waals surface area contributed by atoms with Gasteiger partial charge in [0.15, 0.2) is 0 Å². The Morgan fingerprint density at radius 1 is 0.850 bits per heavy atom. The van der Waals surface area contributed by atoms with Crippen LogP contribution in [0.1, 0.15) is 50.7 Å². The molecule has 11 heteroatoms. The van der Waals surface area contributed by atoms with Gasteiger partial charge in [-0.15, -0.1) is 10.5 Å². The highest BCUT2D eigenvalue weighted by atomic mass is 32.2. The minimum atomic E-state index is -4.26. The summed E-state index contributed by atoms with van der Waals surface area (Å²) < 4.78 is 33.5. The van der Waals surface area contributed by atoms with Crippen LogP contribution in [0.5, 0.6) is 0 Å². The molecule has 4 aromatic carbocycles. The number of nitrogens with one attached hydrogen (secondary N) is 1. The first kappa shape index (κ1) is 28.5. The molecule has 1 aliphatic heterocycles. The van der Waals surface area contributed by atoms with Crippen molar-refractivity contribution < 1.29 is 17.9 Å². The summed E-state index contributed by atoms with van der Waals surface area (Å²) in [7, 11) is -4.26. The lowest BCUT2D eigenvalue weighted by atomic mass is 9.88. The van der Waals surface area contributed by atoms with E-state index < -0.39 is 15.0 Å². The number of benzene rings is 4. The second-order valence-electron chi connectivity index (χ2n) is 9.78. The summed E-state index contributed by atoms with van der Waals surface area (Å²) in [4.78, 5) is 10.4. The molecule has 5 rings (SSSR count). The molecule has 1 heterocycles. The molecule has 0 spiro atoms. The number of hydrazone groups is 1. The molecule has 208 valence electrons. The van der Waals surface area contributed by atoms with Crippen molar-refractivity contribution >= 4 is 38.2 Å². The van der Waals surface area contributed by atoms with Crippen LogP contribution >= 0.6 is 0 Å². The monoisotopic (exact) mass is 561 g/mol. The average Bonchev–Trinajstić information content (AvgIpc) is 3.39. The zero-order valence-corrected chi connectivity index (χ0v) is 23.4. The van der Waals surface area contributed by atoms with Crippen LogP contribution in [0, 0.1) is 10.1 Å². The van der Waals surface area contributed by atoms with Gasteiger partial charge in [-0.05, 0) is 57.5 Å². The molecule has 0 radical (unpaired) electrons. The van der Waals surface area contributed by atoms with E-state index in [4.69, 9.17) is 0 Å². The van der Waals surface area contributed by atoms with Crippen LogP contribution in [0.3, 0.4) is 0 Å². The third-order valence-corrected chi connectivity index (χ3v) is 7.23. The Labute approximate surface area is 233 Å². The number of hydrogen-bond donors (Lipinski definition) is 2. The highest BCUT2D eigenvalue weighted by Crippen LogP contribution is 2.37. The van der Waals surface area contributed by atoms with Crippen LogP contribution in [0.15, 0.2) is 101 Å². The molecular formula is C29H31N5O5S. The topological polar surface area (TPSA) is 128 Å². The Hall–Kier alpha value is -4.48. The van der Waals surface area contributed by atoms with Gasteiger partial charge in [-0.25, -0.2) is 0 Å². The number of fused-ring (bicyclic) bond motifs is 1. The van der Waals surface area contributed by atoms with Crippen LogP contribution in [-0.4, -0.2) is 23.9 Å². The van der Waals surface area contributed by atoms with Gasteiger partial charge in [0.05, 0.1) is 10.8 Å². The number of hydrogen-bond acceptors (Lipinski definition) is 8. The van der Waals surface area contributed by atoms with Crippen LogP contribution in [0.4, 0.5) is 11.4 Å². The lowest BCUT2D eigenvalue weighted by molar-refractivity contribution is -0.354. The number of rotatable bonds is 5. The predicted molar refractivity (Wildman–Crippen MR) is 157 cm³/mol. The molecule has 0 amide bonds. The number of para-hydroxylation sites is 2. The molecule has 0 saturated carbocycles. The largest absolute Gasteiger partial charge is 0.473 e. The van der Waals surface area contributed by atoms with E-state index in [2.05, 4.69) is 10.5 Å². The van der Waals surface area contributed by atoms with Gasteiger partial charge in [-0.1, -0.05) is 99.5 Å². The first-order valence-electron chi connectivity index (χ1n) is 12.7. The van der Waals surface area contributed by atoms with Crippen molar-refractivity contribution in [2.45, 2.75) is 44.4 Å². The van der Waals surface area contributed by atoms with Gasteiger partial charge in [0, 0.05) is 5.39 Å². The number of guanidine groups is 1. The highest BCUT2D eigenvalue weighted by molar-refractivity contribution is 7.86. The van der Waals surface area contributed by atoms with Gasteiger partial charge >= 0.3 is 5.96 Å². The minimum Gasteiger partial charge on any atom is -0.390 e. The fourth-order valence-corrected chi connectivity index (χ4v) is 5.65. The van der Waals surface area contributed by atoms with Crippen molar-refractivity contribution in [3.05, 3.63) is 112 Å². The van der Waals surface area contributed by atoms with Crippen molar-refractivity contribution in [3.8, 4) is 0 Å². The Bertz CT molecular complexity index is 1640. The first-order valence-corrected chi connectivity index (χ1v) is 14.2. The molecule has 0 aliphatic carbocycles. The second-order valence-corrected chi connectivity index (χ2v) is 11.1. The summed E-state index contributed by atoms with van der Waals surface area (Å²) in [5, 5.41) is 19.3. The third-order valence-electron chi connectivity index (χ3n) is 6.27. The van der Waals surface area contributed by atoms with E-state index in [1.807, 2.05) is 107 Å². The standard InChI is InChI=1S/C16H20O3S.C13H11N5O2/c1-10(2)14-9-12-7-5-6-8-13(12)16(20(17,18)19)15(14)11(3)4;19-18(20)13-14-16(11-7-3-1-4-8-11)17(15-13)12-9-5-2-6-10-12/h5-11H,1-4H3,(H,17,18,19);1-10H,(H,14,15). The van der Waals surface area contributed by atoms with Gasteiger partial charge < -0.3 is 10.1 Å². The SMILES string of the molecule is CC(C)c1cc2ccccc2c(S(=O)(=O)O)c1C(C)C.O=[N+]([O-])C1=NN(c2ccccc2)N(c2ccccc2)N1. The number of nitrogens with zero attached hydrogens (tertiary/aromatic N) is 4. The van der Waals surface area contributed by atoms with Crippen LogP contribution in [0.2, 0.25) is 0 Å². The Morgan fingerprint density at radius 2 is 1.40 bits per heavy atom. The van der Waals surface area contributed by atoms with E-state index in [0.717, 1.165) is 27.9 Å². The van der Waals surface area contributed by atoms with Crippen molar-refractivity contribution in [1.29, 1.82) is 0 Å². The zero-order valence-electron chi connectivity index (χ0n) is 22.6. The molecule has 4 aromatic rings. The average molecular weight is 562 g/mol. The molecule has 1 aliphatic rings. The Balaban J connectivity index is 0.000000185. The van der Waals surface area contributed by atoms with E-state index in [0.29, 0.717) is 5.39 Å². The van der Waals surface area contributed by atoms with E-state index in [1.54, 1.807) is 12.1 Å². The maximum absolute atomic E-state index is 11.9. The summed E-state index contributed by atoms with van der Waals surface area (Å²) in [5.41, 5.74) is 5.84. The molecule has 0 unspecified atom stereocenters. The molecule has 40 heavy (non-hydrogen) atoms. The first-order chi connectivity index (χ1) is 19.0. The van der Waals surface area contributed by atoms with E-state index in [9.17, 15) is 23.1 Å². The van der Waals surface area contributed by atoms with Crippen molar-refractivity contribution in [3.63, 3.8) is 0 Å². The molecule has 0 aromatic heterocycles. The second kappa shape index (κ2) is 11.7. The third kappa shape index (κ3) is 6.05. The van der Waals surface area contributed by atoms with Gasteiger partial charge in [-0.2, -0.15) is 8.42 Å². The normalized spacial score (nSPS) is 13.2. The van der Waals surface area contributed by atoms with Gasteiger partial charge in [-0.3, -0.25) is 4.55 Å². The number of nitro groups is 1. The van der Waals surface area contributed by atoms with E-state index in [-0.39, 0.29) is 22.7 Å². The quantitative estimate of drug-likeness (QED) is 0.165. The lowest BCUT2D eigenvalue weighted by Gasteiger charge is -2.21. The maximum Gasteiger partial charge on any atom is 0.473 e. The molecule has 2 N–H and O–H groups in total. The van der Waals surface area contributed by atoms with Crippen molar-refractivity contribution in [1.82, 2.24) is 5.43 Å². The van der Waals surface area contributed by atoms with Gasteiger partial charge in [0.25, 0.3) is 10.1 Å². The van der Waals surface area contributed by atoms with Crippen LogP contribution in [-0.2, 0) is 10.1 Å². The predicted octanol–water partition coefficient (Wildman–Crippen LogP) is 6.31. The summed E-state index contributed by atoms with van der Waals surface area (Å²) in [5.74, 6) is -0.107. The summed E-state index contributed by atoms with van der Waals surface area (Å²) in [6.45, 7) is 7.96. The van der Waals surface area contributed by atoms with Crippen molar-refractivity contribution in [2.24, 2.45) is 5.10 Å². The maximum atomic E-state index is 11.9. The minimum absolute atomic E-state index is 0.0222. The smallest absolute Gasteiger partial charge is 0.390 e. The molecule has 10 nitrogen and oxygen atoms in total. The van der Waals surface area contributed by atoms with Crippen LogP contribution < -0.4 is 15.7 Å². The molecular weight excluding hydrogens is 530 g/mol. The highest BCUT2D eigenvalue weighted by Gasteiger charge is 2.34.